The van der Waals surface area contributed by atoms with Gasteiger partial charge in [-0.05, 0) is 74.9 Å². The highest BCUT2D eigenvalue weighted by atomic mass is 16.5. The number of hydrogen-bond acceptors (Lipinski definition) is 8. The van der Waals surface area contributed by atoms with Gasteiger partial charge in [-0.25, -0.2) is 0 Å². The van der Waals surface area contributed by atoms with Crippen LogP contribution in [0, 0.1) is 19.3 Å². The fraction of sp³-hybridized carbons (Fsp3) is 0.528. The first-order valence-electron chi connectivity index (χ1n) is 16.0. The van der Waals surface area contributed by atoms with Crippen molar-refractivity contribution in [2.45, 2.75) is 76.4 Å². The summed E-state index contributed by atoms with van der Waals surface area (Å²) < 4.78 is 5.63. The third-order valence-corrected chi connectivity index (χ3v) is 8.45. The minimum absolute atomic E-state index is 0.0426. The van der Waals surface area contributed by atoms with Gasteiger partial charge in [0.1, 0.15) is 30.0 Å². The van der Waals surface area contributed by atoms with E-state index >= 15 is 0 Å². The Morgan fingerprint density at radius 1 is 1.04 bits per heavy atom. The summed E-state index contributed by atoms with van der Waals surface area (Å²) in [7, 11) is 3.43. The maximum Gasteiger partial charge on any atom is 0.245 e. The summed E-state index contributed by atoms with van der Waals surface area (Å²) in [4.78, 5) is 40.8. The fourth-order valence-electron chi connectivity index (χ4n) is 5.36. The average molecular weight is 651 g/mol. The molecule has 0 spiro atoms. The van der Waals surface area contributed by atoms with Crippen molar-refractivity contribution < 1.29 is 34.4 Å². The number of terminal acetylenes is 1. The maximum atomic E-state index is 12.7. The smallest absolute Gasteiger partial charge is 0.245 e. The molecule has 1 aliphatic heterocycles. The van der Waals surface area contributed by atoms with E-state index in [-0.39, 0.29) is 43.8 Å². The molecule has 11 heteroatoms. The van der Waals surface area contributed by atoms with E-state index in [0.29, 0.717) is 32.4 Å². The number of ether oxygens (including phenoxy) is 1. The van der Waals surface area contributed by atoms with Crippen LogP contribution < -0.4 is 10.6 Å². The summed E-state index contributed by atoms with van der Waals surface area (Å²) in [5.41, 5.74) is 4.03. The molecule has 3 amide bonds. The molecule has 0 saturated carbocycles. The molecule has 11 nitrogen and oxygen atoms in total. The molecular formula is C36H50N4O7. The van der Waals surface area contributed by atoms with Crippen LogP contribution in [0.15, 0.2) is 42.5 Å². The molecule has 1 fully saturated rings. The van der Waals surface area contributed by atoms with E-state index in [1.807, 2.05) is 37.3 Å². The van der Waals surface area contributed by atoms with Gasteiger partial charge >= 0.3 is 0 Å². The van der Waals surface area contributed by atoms with Crippen molar-refractivity contribution in [3.05, 3.63) is 70.3 Å². The van der Waals surface area contributed by atoms with E-state index in [0.717, 1.165) is 27.8 Å². The van der Waals surface area contributed by atoms with Crippen molar-refractivity contribution in [3.63, 3.8) is 0 Å². The molecular weight excluding hydrogens is 600 g/mol. The van der Waals surface area contributed by atoms with Gasteiger partial charge in [0.05, 0.1) is 19.7 Å². The second-order valence-corrected chi connectivity index (χ2v) is 13.0. The zero-order valence-electron chi connectivity index (χ0n) is 28.2. The number of aliphatic hydroxyl groups excluding tert-OH is 3. The molecule has 3 rings (SSSR count). The lowest BCUT2D eigenvalue weighted by atomic mass is 9.91. The number of amides is 3. The SMILES string of the molecule is C#CCN(C)C(=O)CN(C)CCNC(=O)C(C)(C)NC(=O)CCCc1ccc(Cc2cc([C@@H]3OC[C@@H](O)[C@H](O)[C@H]3O)ccc2C)cc1. The second-order valence-electron chi connectivity index (χ2n) is 13.0. The number of rotatable bonds is 15. The number of aliphatic hydroxyl groups is 3. The van der Waals surface area contributed by atoms with E-state index in [1.54, 1.807) is 32.8 Å². The van der Waals surface area contributed by atoms with Gasteiger partial charge in [0.25, 0.3) is 0 Å². The summed E-state index contributed by atoms with van der Waals surface area (Å²) in [6.45, 7) is 6.53. The van der Waals surface area contributed by atoms with Crippen LogP contribution in [0.1, 0.15) is 60.6 Å². The Balaban J connectivity index is 1.42. The van der Waals surface area contributed by atoms with Crippen LogP contribution in [-0.2, 0) is 32.0 Å². The van der Waals surface area contributed by atoms with Gasteiger partial charge in [0, 0.05) is 26.6 Å². The van der Waals surface area contributed by atoms with Crippen molar-refractivity contribution in [2.24, 2.45) is 0 Å². The van der Waals surface area contributed by atoms with Crippen LogP contribution in [0.5, 0.6) is 0 Å². The summed E-state index contributed by atoms with van der Waals surface area (Å²) >= 11 is 0. The molecule has 256 valence electrons. The zero-order chi connectivity index (χ0) is 34.7. The predicted molar refractivity (Wildman–Crippen MR) is 179 cm³/mol. The highest BCUT2D eigenvalue weighted by Crippen LogP contribution is 2.31. The number of nitrogens with one attached hydrogen (secondary N) is 2. The molecule has 47 heavy (non-hydrogen) atoms. The number of nitrogens with zero attached hydrogens (tertiary/aromatic N) is 2. The standard InChI is InChI=1S/C36H50N4O7/c1-7-18-40(6)31(43)22-39(5)19-17-37-35(46)36(3,4)38-30(42)10-8-9-25-12-14-26(15-13-25)20-28-21-27(16-11-24(28)2)34-33(45)32(44)29(41)23-47-34/h1,11-16,21,29,32-34,41,44-45H,8-10,17-20,22-23H2,2-6H3,(H,37,46)(H,38,42)/t29-,32+,33-,34+/m1/s1. The van der Waals surface area contributed by atoms with E-state index in [4.69, 9.17) is 11.2 Å². The van der Waals surface area contributed by atoms with Gasteiger partial charge in [-0.1, -0.05) is 48.4 Å². The third kappa shape index (κ3) is 11.2. The van der Waals surface area contributed by atoms with Crippen molar-refractivity contribution in [1.29, 1.82) is 0 Å². The number of likely N-dealkylation sites (N-methyl/N-ethyl adjacent to an activating group) is 2. The van der Waals surface area contributed by atoms with E-state index < -0.39 is 30.0 Å². The Kier molecular flexibility index (Phi) is 13.9. The Morgan fingerprint density at radius 3 is 2.40 bits per heavy atom. The van der Waals surface area contributed by atoms with Crippen LogP contribution in [0.2, 0.25) is 0 Å². The topological polar surface area (TPSA) is 152 Å². The second kappa shape index (κ2) is 17.4. The van der Waals surface area contributed by atoms with E-state index in [2.05, 4.69) is 28.7 Å². The first-order valence-corrected chi connectivity index (χ1v) is 16.0. The molecule has 1 saturated heterocycles. The maximum absolute atomic E-state index is 12.7. The Bertz CT molecular complexity index is 1410. The molecule has 2 aromatic carbocycles. The monoisotopic (exact) mass is 650 g/mol. The molecule has 2 aromatic rings. The normalized spacial score (nSPS) is 19.6. The number of carbonyl (C=O) groups is 3. The molecule has 4 atom stereocenters. The van der Waals surface area contributed by atoms with Gasteiger partial charge in [-0.3, -0.25) is 19.3 Å². The first-order chi connectivity index (χ1) is 22.2. The molecule has 0 unspecified atom stereocenters. The number of hydrogen-bond donors (Lipinski definition) is 5. The van der Waals surface area contributed by atoms with Crippen LogP contribution in [-0.4, -0.2) is 114 Å². The molecule has 0 radical (unpaired) electrons. The van der Waals surface area contributed by atoms with Gasteiger partial charge in [-0.15, -0.1) is 6.42 Å². The quantitative estimate of drug-likeness (QED) is 0.180. The summed E-state index contributed by atoms with van der Waals surface area (Å²) in [6.07, 6.45) is 3.24. The average Bonchev–Trinajstić information content (AvgIpc) is 3.01. The third-order valence-electron chi connectivity index (χ3n) is 8.45. The molecule has 0 aromatic heterocycles. The van der Waals surface area contributed by atoms with E-state index in [1.165, 1.54) is 4.90 Å². The number of benzene rings is 2. The first kappa shape index (κ1) is 37.7. The van der Waals surface area contributed by atoms with Crippen LogP contribution in [0.3, 0.4) is 0 Å². The van der Waals surface area contributed by atoms with Crippen molar-refractivity contribution >= 4 is 17.7 Å². The fourth-order valence-corrected chi connectivity index (χ4v) is 5.36. The van der Waals surface area contributed by atoms with Gasteiger partial charge in [0.2, 0.25) is 17.7 Å². The molecule has 1 aliphatic rings. The Labute approximate surface area is 278 Å². The zero-order valence-corrected chi connectivity index (χ0v) is 28.2. The van der Waals surface area contributed by atoms with Crippen LogP contribution in [0.4, 0.5) is 0 Å². The van der Waals surface area contributed by atoms with Crippen molar-refractivity contribution in [1.82, 2.24) is 20.4 Å². The Morgan fingerprint density at radius 2 is 1.72 bits per heavy atom. The van der Waals surface area contributed by atoms with Gasteiger partial charge < -0.3 is 35.6 Å². The highest BCUT2D eigenvalue weighted by Gasteiger charge is 2.38. The lowest BCUT2D eigenvalue weighted by molar-refractivity contribution is -0.189. The number of aryl methyl sites for hydroxylation is 2. The largest absolute Gasteiger partial charge is 0.388 e. The number of carbonyl (C=O) groups excluding carboxylic acids is 3. The summed E-state index contributed by atoms with van der Waals surface area (Å²) in [6, 6.07) is 14.0. The van der Waals surface area contributed by atoms with Crippen LogP contribution >= 0.6 is 0 Å². The van der Waals surface area contributed by atoms with Crippen molar-refractivity contribution in [2.75, 3.05) is 46.9 Å². The lowest BCUT2D eigenvalue weighted by Gasteiger charge is -2.35. The van der Waals surface area contributed by atoms with Crippen LogP contribution in [0.25, 0.3) is 0 Å². The van der Waals surface area contributed by atoms with Gasteiger partial charge in [-0.2, -0.15) is 0 Å². The minimum atomic E-state index is -1.26. The minimum Gasteiger partial charge on any atom is -0.388 e. The lowest BCUT2D eigenvalue weighted by Crippen LogP contribution is -2.55. The Hall–Kier alpha value is -3.79. The van der Waals surface area contributed by atoms with Crippen molar-refractivity contribution in [3.8, 4) is 12.3 Å². The molecule has 0 aliphatic carbocycles. The van der Waals surface area contributed by atoms with E-state index in [9.17, 15) is 29.7 Å². The summed E-state index contributed by atoms with van der Waals surface area (Å²) in [5, 5.41) is 35.9. The summed E-state index contributed by atoms with van der Waals surface area (Å²) in [5.74, 6) is 1.83. The highest BCUT2D eigenvalue weighted by molar-refractivity contribution is 5.90. The molecule has 5 N–H and O–H groups in total. The molecule has 0 bridgehead atoms. The predicted octanol–water partition coefficient (Wildman–Crippen LogP) is 1.10. The van der Waals surface area contributed by atoms with Gasteiger partial charge in [0.15, 0.2) is 0 Å². The molecule has 1 heterocycles.